The van der Waals surface area contributed by atoms with Gasteiger partial charge in [0.2, 0.25) is 0 Å². The van der Waals surface area contributed by atoms with Crippen LogP contribution in [-0.4, -0.2) is 43.6 Å². The molecule has 3 rings (SSSR count). The van der Waals surface area contributed by atoms with Crippen molar-refractivity contribution in [1.29, 1.82) is 0 Å². The molecule has 1 aromatic heterocycles. The molecular weight excluding hydrogens is 397 g/mol. The molecular formula is C16H19ClFN5O3S. The van der Waals surface area contributed by atoms with Crippen LogP contribution >= 0.6 is 11.6 Å². The predicted molar refractivity (Wildman–Crippen MR) is 99.6 cm³/mol. The minimum absolute atomic E-state index is 0.0102. The van der Waals surface area contributed by atoms with E-state index in [4.69, 9.17) is 16.2 Å². The molecule has 0 bridgehead atoms. The molecule has 2 aromatic rings. The molecule has 0 atom stereocenters. The second-order valence-corrected chi connectivity index (χ2v) is 9.10. The first-order valence-corrected chi connectivity index (χ1v) is 10.7. The summed E-state index contributed by atoms with van der Waals surface area (Å²) in [4.78, 5) is 4.16. The number of nitrogens with zero attached hydrogens (tertiary/aromatic N) is 4. The Bertz CT molecular complexity index is 945. The normalized spacial score (nSPS) is 16.0. The van der Waals surface area contributed by atoms with Crippen LogP contribution in [0.1, 0.15) is 30.7 Å². The Kier molecular flexibility index (Phi) is 6.40. The Labute approximate surface area is 160 Å². The lowest BCUT2D eigenvalue weighted by Crippen LogP contribution is -2.23. The van der Waals surface area contributed by atoms with Crippen LogP contribution in [0.25, 0.3) is 0 Å². The molecule has 1 aromatic carbocycles. The van der Waals surface area contributed by atoms with Gasteiger partial charge in [-0.2, -0.15) is 0 Å². The number of hydrogen-bond acceptors (Lipinski definition) is 7. The fourth-order valence-electron chi connectivity index (χ4n) is 2.52. The lowest BCUT2D eigenvalue weighted by molar-refractivity contribution is 0.234. The van der Waals surface area contributed by atoms with E-state index >= 15 is 0 Å². The summed E-state index contributed by atoms with van der Waals surface area (Å²) < 4.78 is 34.2. The number of unbranched alkanes of at least 4 members (excludes halogenated alkanes) is 1. The van der Waals surface area contributed by atoms with E-state index in [1.54, 1.807) is 0 Å². The van der Waals surface area contributed by atoms with E-state index in [2.05, 4.69) is 19.7 Å². The molecule has 8 nitrogen and oxygen atoms in total. The van der Waals surface area contributed by atoms with E-state index in [1.165, 1.54) is 18.2 Å². The van der Waals surface area contributed by atoms with Gasteiger partial charge in [0.15, 0.2) is 11.5 Å². The number of aromatic nitrogens is 2. The maximum absolute atomic E-state index is 13.2. The molecule has 0 radical (unpaired) electrons. The van der Waals surface area contributed by atoms with Crippen LogP contribution < -0.4 is 5.48 Å². The highest BCUT2D eigenvalue weighted by molar-refractivity contribution is 7.94. The molecule has 1 aliphatic heterocycles. The molecule has 27 heavy (non-hydrogen) atoms. The van der Waals surface area contributed by atoms with E-state index in [-0.39, 0.29) is 16.6 Å². The fraction of sp³-hybridized carbons (Fsp3) is 0.438. The molecule has 1 aliphatic rings. The number of aliphatic imine (C=N–C) groups is 1. The first kappa shape index (κ1) is 19.7. The first-order valence-electron chi connectivity index (χ1n) is 8.45. The van der Waals surface area contributed by atoms with Crippen molar-refractivity contribution in [3.63, 3.8) is 0 Å². The SMILES string of the molecule is O=S1(=NCCCCc2nonc2C(=Nc2ccc(F)c(Cl)c2)NO)CCC1. The van der Waals surface area contributed by atoms with Crippen molar-refractivity contribution < 1.29 is 18.4 Å². The smallest absolute Gasteiger partial charge is 0.181 e. The molecule has 11 heteroatoms. The Morgan fingerprint density at radius 2 is 2.19 bits per heavy atom. The molecule has 1 fully saturated rings. The van der Waals surface area contributed by atoms with Gasteiger partial charge in [0.25, 0.3) is 0 Å². The van der Waals surface area contributed by atoms with Crippen LogP contribution in [0.4, 0.5) is 10.1 Å². The summed E-state index contributed by atoms with van der Waals surface area (Å²) in [6.07, 6.45) is 3.02. The summed E-state index contributed by atoms with van der Waals surface area (Å²) in [5.41, 5.74) is 3.05. The third-order valence-corrected chi connectivity index (χ3v) is 6.90. The maximum atomic E-state index is 13.2. The number of benzene rings is 1. The van der Waals surface area contributed by atoms with Crippen molar-refractivity contribution in [3.05, 3.63) is 40.4 Å². The summed E-state index contributed by atoms with van der Waals surface area (Å²) in [5, 5.41) is 16.9. The Morgan fingerprint density at radius 3 is 2.85 bits per heavy atom. The third-order valence-electron chi connectivity index (χ3n) is 4.11. The van der Waals surface area contributed by atoms with Gasteiger partial charge in [-0.25, -0.2) is 22.6 Å². The van der Waals surface area contributed by atoms with Gasteiger partial charge in [-0.15, -0.1) is 0 Å². The maximum Gasteiger partial charge on any atom is 0.181 e. The van der Waals surface area contributed by atoms with Gasteiger partial charge in [0.05, 0.1) is 10.7 Å². The van der Waals surface area contributed by atoms with Gasteiger partial charge in [-0.1, -0.05) is 16.8 Å². The Balaban J connectivity index is 1.65. The highest BCUT2D eigenvalue weighted by Gasteiger charge is 2.19. The lowest BCUT2D eigenvalue weighted by atomic mass is 10.1. The zero-order valence-corrected chi connectivity index (χ0v) is 16.0. The molecule has 0 unspecified atom stereocenters. The van der Waals surface area contributed by atoms with Crippen LogP contribution in [0, 0.1) is 5.82 Å². The molecule has 2 heterocycles. The van der Waals surface area contributed by atoms with Gasteiger partial charge in [-0.3, -0.25) is 10.7 Å². The average Bonchev–Trinajstić information content (AvgIpc) is 3.09. The van der Waals surface area contributed by atoms with Gasteiger partial charge < -0.3 is 0 Å². The number of hydrogen-bond donors (Lipinski definition) is 2. The summed E-state index contributed by atoms with van der Waals surface area (Å²) in [6, 6.07) is 3.91. The average molecular weight is 416 g/mol. The molecule has 0 amide bonds. The zero-order chi connectivity index (χ0) is 19.3. The fourth-order valence-corrected chi connectivity index (χ4v) is 4.20. The molecule has 146 valence electrons. The van der Waals surface area contributed by atoms with E-state index in [0.717, 1.165) is 19.3 Å². The predicted octanol–water partition coefficient (Wildman–Crippen LogP) is 3.11. The third kappa shape index (κ3) is 5.02. The monoisotopic (exact) mass is 415 g/mol. The largest absolute Gasteiger partial charge is 0.290 e. The van der Waals surface area contributed by atoms with Crippen molar-refractivity contribution in [3.8, 4) is 0 Å². The zero-order valence-electron chi connectivity index (χ0n) is 14.4. The standard InChI is InChI=1S/C16H19ClFN5O3S/c17-12-10-11(5-6-13(12)18)20-16(21-24)15-14(22-26-23-15)4-1-2-7-19-27(25)8-3-9-27/h5-6,10,24H,1-4,7-9H2,(H,20,21). The van der Waals surface area contributed by atoms with Gasteiger partial charge in [-0.05, 0) is 49.0 Å². The van der Waals surface area contributed by atoms with E-state index in [1.807, 2.05) is 5.48 Å². The van der Waals surface area contributed by atoms with Crippen LogP contribution in [-0.2, 0) is 16.1 Å². The first-order chi connectivity index (χ1) is 13.0. The summed E-state index contributed by atoms with van der Waals surface area (Å²) in [5.74, 6) is 0.863. The second kappa shape index (κ2) is 8.77. The van der Waals surface area contributed by atoms with Gasteiger partial charge in [0, 0.05) is 27.8 Å². The molecule has 1 saturated heterocycles. The lowest BCUT2D eigenvalue weighted by Gasteiger charge is -2.17. The van der Waals surface area contributed by atoms with Gasteiger partial charge >= 0.3 is 0 Å². The summed E-state index contributed by atoms with van der Waals surface area (Å²) in [6.45, 7) is 0.548. The Hall–Kier alpha value is -2.04. The second-order valence-electron chi connectivity index (χ2n) is 6.07. The minimum atomic E-state index is -1.91. The van der Waals surface area contributed by atoms with Crippen LogP contribution in [0.15, 0.2) is 32.2 Å². The number of rotatable bonds is 7. The van der Waals surface area contributed by atoms with Crippen molar-refractivity contribution >= 4 is 32.9 Å². The van der Waals surface area contributed by atoms with Gasteiger partial charge in [0.1, 0.15) is 11.5 Å². The van der Waals surface area contributed by atoms with Crippen LogP contribution in [0.5, 0.6) is 0 Å². The van der Waals surface area contributed by atoms with E-state index in [9.17, 15) is 13.8 Å². The summed E-state index contributed by atoms with van der Waals surface area (Å²) >= 11 is 5.74. The van der Waals surface area contributed by atoms with Crippen molar-refractivity contribution in [2.45, 2.75) is 25.7 Å². The quantitative estimate of drug-likeness (QED) is 0.311. The van der Waals surface area contributed by atoms with Crippen molar-refractivity contribution in [2.24, 2.45) is 9.36 Å². The molecule has 0 aliphatic carbocycles. The number of hydroxylamine groups is 1. The van der Waals surface area contributed by atoms with Crippen LogP contribution in [0.3, 0.4) is 0 Å². The minimum Gasteiger partial charge on any atom is -0.290 e. The molecule has 2 N–H and O–H groups in total. The van der Waals surface area contributed by atoms with Crippen molar-refractivity contribution in [1.82, 2.24) is 15.8 Å². The number of aryl methyl sites for hydroxylation is 1. The highest BCUT2D eigenvalue weighted by Crippen LogP contribution is 2.22. The Morgan fingerprint density at radius 1 is 1.37 bits per heavy atom. The number of halogens is 2. The topological polar surface area (TPSA) is 113 Å². The van der Waals surface area contributed by atoms with Crippen molar-refractivity contribution in [2.75, 3.05) is 18.1 Å². The summed E-state index contributed by atoms with van der Waals surface area (Å²) in [7, 11) is -1.91. The number of amidine groups is 1. The van der Waals surface area contributed by atoms with E-state index in [0.29, 0.717) is 35.9 Å². The van der Waals surface area contributed by atoms with Crippen LogP contribution in [0.2, 0.25) is 5.02 Å². The molecule has 0 saturated carbocycles. The highest BCUT2D eigenvalue weighted by atomic mass is 35.5. The van der Waals surface area contributed by atoms with E-state index < -0.39 is 15.5 Å². The molecule has 0 spiro atoms. The number of nitrogens with one attached hydrogen (secondary N) is 1.